The van der Waals surface area contributed by atoms with Gasteiger partial charge in [-0.2, -0.15) is 0 Å². The van der Waals surface area contributed by atoms with Crippen LogP contribution in [0.4, 0.5) is 0 Å². The van der Waals surface area contributed by atoms with Gasteiger partial charge in [0.1, 0.15) is 17.7 Å². The molecular formula is C20H33NO5P+. The number of nitrogens with one attached hydrogen (secondary N) is 1. The Labute approximate surface area is 162 Å². The Bertz CT molecular complexity index is 594. The zero-order valence-corrected chi connectivity index (χ0v) is 17.5. The second kappa shape index (κ2) is 10.4. The zero-order valence-electron chi connectivity index (χ0n) is 16.6. The summed E-state index contributed by atoms with van der Waals surface area (Å²) >= 11 is 0. The lowest BCUT2D eigenvalue weighted by atomic mass is 9.91. The minimum Gasteiger partial charge on any atom is -0.496 e. The maximum Gasteiger partial charge on any atom is 0.275 e. The van der Waals surface area contributed by atoms with E-state index < -0.39 is 7.72 Å². The van der Waals surface area contributed by atoms with Crippen LogP contribution < -0.4 is 14.8 Å². The molecule has 6 nitrogen and oxygen atoms in total. The fourth-order valence-corrected chi connectivity index (χ4v) is 5.86. The van der Waals surface area contributed by atoms with Gasteiger partial charge in [-0.1, -0.05) is 25.3 Å². The number of carbonyl (C=O) groups is 1. The minimum atomic E-state index is -3.17. The van der Waals surface area contributed by atoms with Gasteiger partial charge in [-0.15, -0.1) is 0 Å². The standard InChI is InChI=1S/C20H33NO5P/c1-15(20-18(25-2)10-7-11-19(20)26-3)21-12-17(22)14-27(23,24)13-16-8-5-4-6-9-16/h7,10-11,15-16,21,23-24H,4-6,8-9,12-14H2,1-3H3/q+1. The maximum atomic E-state index is 12.3. The summed E-state index contributed by atoms with van der Waals surface area (Å²) in [6.45, 7) is 2.01. The van der Waals surface area contributed by atoms with Gasteiger partial charge in [0.15, 0.2) is 11.9 Å². The molecule has 7 heteroatoms. The number of ether oxygens (including phenoxy) is 2. The Morgan fingerprint density at radius 1 is 1.19 bits per heavy atom. The van der Waals surface area contributed by atoms with Crippen LogP contribution in [0.2, 0.25) is 0 Å². The number of benzene rings is 1. The predicted octanol–water partition coefficient (Wildman–Crippen LogP) is 3.34. The molecule has 0 bridgehead atoms. The Balaban J connectivity index is 1.89. The lowest BCUT2D eigenvalue weighted by Gasteiger charge is -2.23. The molecule has 1 saturated carbocycles. The third-order valence-electron chi connectivity index (χ3n) is 5.21. The maximum absolute atomic E-state index is 12.3. The number of hydrogen-bond acceptors (Lipinski definition) is 6. The van der Waals surface area contributed by atoms with Crippen LogP contribution in [-0.4, -0.2) is 48.7 Å². The van der Waals surface area contributed by atoms with E-state index in [1.165, 1.54) is 6.42 Å². The van der Waals surface area contributed by atoms with E-state index in [1.807, 2.05) is 25.1 Å². The SMILES string of the molecule is COc1cccc(OC)c1C(C)NCC(=O)C[P+](O)(O)CC1CCCCC1. The molecular weight excluding hydrogens is 365 g/mol. The molecule has 1 fully saturated rings. The third-order valence-corrected chi connectivity index (χ3v) is 7.17. The van der Waals surface area contributed by atoms with Crippen molar-refractivity contribution < 1.29 is 24.1 Å². The van der Waals surface area contributed by atoms with Crippen molar-refractivity contribution >= 4 is 13.5 Å². The Kier molecular flexibility index (Phi) is 8.49. The van der Waals surface area contributed by atoms with E-state index in [4.69, 9.17) is 9.47 Å². The molecule has 2 rings (SSSR count). The average molecular weight is 398 g/mol. The van der Waals surface area contributed by atoms with Gasteiger partial charge in [0.2, 0.25) is 0 Å². The van der Waals surface area contributed by atoms with Crippen molar-refractivity contribution in [3.63, 3.8) is 0 Å². The lowest BCUT2D eigenvalue weighted by Crippen LogP contribution is -2.29. The number of hydrogen-bond donors (Lipinski definition) is 3. The van der Waals surface area contributed by atoms with Gasteiger partial charge in [0, 0.05) is 6.04 Å². The molecule has 0 aromatic heterocycles. The van der Waals surface area contributed by atoms with Crippen molar-refractivity contribution in [2.24, 2.45) is 5.92 Å². The van der Waals surface area contributed by atoms with Crippen LogP contribution in [0.3, 0.4) is 0 Å². The molecule has 152 valence electrons. The van der Waals surface area contributed by atoms with Crippen LogP contribution in [0.15, 0.2) is 18.2 Å². The summed E-state index contributed by atoms with van der Waals surface area (Å²) in [4.78, 5) is 33.1. The molecule has 0 amide bonds. The van der Waals surface area contributed by atoms with Gasteiger partial charge < -0.3 is 14.8 Å². The van der Waals surface area contributed by atoms with E-state index in [9.17, 15) is 14.6 Å². The first-order valence-corrected chi connectivity index (χ1v) is 11.7. The van der Waals surface area contributed by atoms with Crippen LogP contribution in [-0.2, 0) is 4.79 Å². The highest BCUT2D eigenvalue weighted by Gasteiger charge is 2.39. The first kappa shape index (κ1) is 22.1. The molecule has 1 atom stereocenters. The largest absolute Gasteiger partial charge is 0.496 e. The fraction of sp³-hybridized carbons (Fsp3) is 0.650. The van der Waals surface area contributed by atoms with E-state index in [1.54, 1.807) is 14.2 Å². The molecule has 1 aromatic carbocycles. The summed E-state index contributed by atoms with van der Waals surface area (Å²) < 4.78 is 10.8. The Morgan fingerprint density at radius 3 is 2.33 bits per heavy atom. The van der Waals surface area contributed by atoms with E-state index in [-0.39, 0.29) is 24.5 Å². The first-order valence-electron chi connectivity index (χ1n) is 9.65. The van der Waals surface area contributed by atoms with Crippen molar-refractivity contribution in [3.05, 3.63) is 23.8 Å². The van der Waals surface area contributed by atoms with Crippen molar-refractivity contribution in [1.29, 1.82) is 0 Å². The first-order chi connectivity index (χ1) is 12.9. The van der Waals surface area contributed by atoms with Gasteiger partial charge in [0.25, 0.3) is 7.72 Å². The van der Waals surface area contributed by atoms with Gasteiger partial charge in [-0.25, -0.2) is 9.79 Å². The molecule has 0 heterocycles. The van der Waals surface area contributed by atoms with Crippen LogP contribution in [0.5, 0.6) is 11.5 Å². The van der Waals surface area contributed by atoms with Crippen LogP contribution in [0.1, 0.15) is 50.6 Å². The minimum absolute atomic E-state index is 0.0793. The molecule has 1 aliphatic carbocycles. The summed E-state index contributed by atoms with van der Waals surface area (Å²) in [5.41, 5.74) is 0.839. The molecule has 0 aliphatic heterocycles. The van der Waals surface area contributed by atoms with Crippen LogP contribution in [0.25, 0.3) is 0 Å². The summed E-state index contributed by atoms with van der Waals surface area (Å²) in [6, 6.07) is 5.37. The summed E-state index contributed by atoms with van der Waals surface area (Å²) in [6.07, 6.45) is 5.85. The van der Waals surface area contributed by atoms with Crippen LogP contribution in [0, 0.1) is 5.92 Å². The van der Waals surface area contributed by atoms with Gasteiger partial charge >= 0.3 is 0 Å². The number of carbonyl (C=O) groups excluding carboxylic acids is 1. The van der Waals surface area contributed by atoms with E-state index in [0.29, 0.717) is 23.6 Å². The molecule has 1 aromatic rings. The highest BCUT2D eigenvalue weighted by atomic mass is 31.2. The molecule has 27 heavy (non-hydrogen) atoms. The van der Waals surface area contributed by atoms with Crippen LogP contribution >= 0.6 is 7.72 Å². The average Bonchev–Trinajstić information content (AvgIpc) is 2.65. The number of methoxy groups -OCH3 is 2. The third kappa shape index (κ3) is 6.72. The molecule has 0 saturated heterocycles. The van der Waals surface area contributed by atoms with Gasteiger partial charge in [-0.05, 0) is 37.8 Å². The van der Waals surface area contributed by atoms with E-state index >= 15 is 0 Å². The summed E-state index contributed by atoms with van der Waals surface area (Å²) in [5, 5.41) is 3.16. The number of ketones is 1. The fourth-order valence-electron chi connectivity index (χ4n) is 3.86. The highest BCUT2D eigenvalue weighted by Crippen LogP contribution is 2.53. The van der Waals surface area contributed by atoms with Gasteiger partial charge in [0.05, 0.1) is 26.3 Å². The second-order valence-electron chi connectivity index (χ2n) is 7.44. The Morgan fingerprint density at radius 2 is 1.78 bits per heavy atom. The van der Waals surface area contributed by atoms with Crippen molar-refractivity contribution in [1.82, 2.24) is 5.32 Å². The predicted molar refractivity (Wildman–Crippen MR) is 109 cm³/mol. The smallest absolute Gasteiger partial charge is 0.275 e. The van der Waals surface area contributed by atoms with Crippen molar-refractivity contribution in [2.75, 3.05) is 33.1 Å². The zero-order chi connectivity index (χ0) is 19.9. The van der Waals surface area contributed by atoms with E-state index in [0.717, 1.165) is 31.2 Å². The topological polar surface area (TPSA) is 88.0 Å². The molecule has 0 spiro atoms. The van der Waals surface area contributed by atoms with Crippen molar-refractivity contribution in [2.45, 2.75) is 45.1 Å². The number of Topliss-reactive ketones (excluding diaryl/α,β-unsaturated/α-hetero) is 1. The summed E-state index contributed by atoms with van der Waals surface area (Å²) in [7, 11) is 0.0214. The summed E-state index contributed by atoms with van der Waals surface area (Å²) in [5.74, 6) is 1.54. The van der Waals surface area contributed by atoms with E-state index in [2.05, 4.69) is 5.32 Å². The van der Waals surface area contributed by atoms with Gasteiger partial charge in [-0.3, -0.25) is 4.79 Å². The highest BCUT2D eigenvalue weighted by molar-refractivity contribution is 7.65. The number of rotatable bonds is 10. The Hall–Kier alpha value is -1.20. The normalized spacial score (nSPS) is 16.8. The molecule has 0 radical (unpaired) electrons. The quantitative estimate of drug-likeness (QED) is 0.524. The molecule has 1 unspecified atom stereocenters. The van der Waals surface area contributed by atoms with Crippen molar-refractivity contribution in [3.8, 4) is 11.5 Å². The monoisotopic (exact) mass is 398 g/mol. The lowest BCUT2D eigenvalue weighted by molar-refractivity contribution is -0.116. The molecule has 1 aliphatic rings. The molecule has 3 N–H and O–H groups in total. The second-order valence-corrected chi connectivity index (χ2v) is 9.88.